The van der Waals surface area contributed by atoms with E-state index < -0.39 is 46.2 Å². The SMILES string of the molecule is Cc1cc(C)c(S(=O)(=O)NC(COc2cc(F)ccc2F)C(F)(F)F)c(C)c1. The highest BCUT2D eigenvalue weighted by Gasteiger charge is 2.43. The van der Waals surface area contributed by atoms with Crippen LogP contribution in [-0.4, -0.2) is 27.2 Å². The molecule has 1 atom stereocenters. The summed E-state index contributed by atoms with van der Waals surface area (Å²) in [5, 5.41) is 0. The molecule has 1 N–H and O–H groups in total. The van der Waals surface area contributed by atoms with Crippen LogP contribution in [0, 0.1) is 32.4 Å². The summed E-state index contributed by atoms with van der Waals surface area (Å²) in [5.74, 6) is -2.74. The van der Waals surface area contributed by atoms with E-state index in [1.165, 1.54) is 26.0 Å². The van der Waals surface area contributed by atoms with E-state index >= 15 is 0 Å². The minimum atomic E-state index is -5.02. The predicted molar refractivity (Wildman–Crippen MR) is 92.7 cm³/mol. The molecule has 2 aromatic rings. The lowest BCUT2D eigenvalue weighted by Gasteiger charge is -2.23. The summed E-state index contributed by atoms with van der Waals surface area (Å²) in [6.07, 6.45) is -5.02. The fraction of sp³-hybridized carbons (Fsp3) is 0.333. The Labute approximate surface area is 159 Å². The van der Waals surface area contributed by atoms with Crippen LogP contribution in [0.15, 0.2) is 35.2 Å². The highest BCUT2D eigenvalue weighted by Crippen LogP contribution is 2.27. The van der Waals surface area contributed by atoms with E-state index in [1.807, 2.05) is 0 Å². The lowest BCUT2D eigenvalue weighted by atomic mass is 10.1. The minimum absolute atomic E-state index is 0.274. The Hall–Kier alpha value is -2.20. The van der Waals surface area contributed by atoms with Crippen LogP contribution in [0.2, 0.25) is 0 Å². The Morgan fingerprint density at radius 1 is 1.04 bits per heavy atom. The van der Waals surface area contributed by atoms with E-state index in [-0.39, 0.29) is 16.0 Å². The number of benzene rings is 2. The number of alkyl halides is 3. The van der Waals surface area contributed by atoms with Crippen LogP contribution in [-0.2, 0) is 10.0 Å². The van der Waals surface area contributed by atoms with Crippen molar-refractivity contribution in [2.24, 2.45) is 0 Å². The third-order valence-electron chi connectivity index (χ3n) is 3.86. The summed E-state index contributed by atoms with van der Waals surface area (Å²) in [6, 6.07) is 2.43. The third-order valence-corrected chi connectivity index (χ3v) is 5.64. The summed E-state index contributed by atoms with van der Waals surface area (Å²) < 4.78 is 98.1. The topological polar surface area (TPSA) is 55.4 Å². The zero-order valence-electron chi connectivity index (χ0n) is 15.2. The van der Waals surface area contributed by atoms with Gasteiger partial charge in [0.1, 0.15) is 12.4 Å². The number of hydrogen-bond donors (Lipinski definition) is 1. The molecule has 0 spiro atoms. The highest BCUT2D eigenvalue weighted by atomic mass is 32.2. The maximum atomic E-state index is 13.6. The van der Waals surface area contributed by atoms with Crippen molar-refractivity contribution in [2.45, 2.75) is 37.9 Å². The molecule has 0 bridgehead atoms. The number of nitrogens with one attached hydrogen (secondary N) is 1. The summed E-state index contributed by atoms with van der Waals surface area (Å²) >= 11 is 0. The van der Waals surface area contributed by atoms with Crippen molar-refractivity contribution in [1.82, 2.24) is 4.72 Å². The van der Waals surface area contributed by atoms with Crippen molar-refractivity contribution in [2.75, 3.05) is 6.61 Å². The van der Waals surface area contributed by atoms with Crippen molar-refractivity contribution in [3.63, 3.8) is 0 Å². The van der Waals surface area contributed by atoms with Crippen molar-refractivity contribution in [3.8, 4) is 5.75 Å². The van der Waals surface area contributed by atoms with Crippen LogP contribution >= 0.6 is 0 Å². The molecule has 0 radical (unpaired) electrons. The number of ether oxygens (including phenoxy) is 1. The van der Waals surface area contributed by atoms with Gasteiger partial charge in [0, 0.05) is 6.07 Å². The summed E-state index contributed by atoms with van der Waals surface area (Å²) in [5.41, 5.74) is 1.32. The second-order valence-electron chi connectivity index (χ2n) is 6.33. The molecule has 2 rings (SSSR count). The second-order valence-corrected chi connectivity index (χ2v) is 7.98. The standard InChI is InChI=1S/C18H18F5NO3S/c1-10-6-11(2)17(12(3)7-10)28(25,26)24-16(18(21,22)23)9-27-15-8-13(19)4-5-14(15)20/h4-8,16,24H,9H2,1-3H3. The molecule has 0 aliphatic carbocycles. The number of rotatable bonds is 6. The van der Waals surface area contributed by atoms with Gasteiger partial charge in [0.2, 0.25) is 10.0 Å². The Balaban J connectivity index is 2.31. The first-order valence-corrected chi connectivity index (χ1v) is 9.54. The van der Waals surface area contributed by atoms with Crippen LogP contribution in [0.25, 0.3) is 0 Å². The van der Waals surface area contributed by atoms with Gasteiger partial charge >= 0.3 is 6.18 Å². The maximum Gasteiger partial charge on any atom is 0.408 e. The van der Waals surface area contributed by atoms with Crippen molar-refractivity contribution in [1.29, 1.82) is 0 Å². The van der Waals surface area contributed by atoms with Crippen LogP contribution in [0.3, 0.4) is 0 Å². The molecule has 10 heteroatoms. The molecule has 2 aromatic carbocycles. The minimum Gasteiger partial charge on any atom is -0.488 e. The van der Waals surface area contributed by atoms with Crippen LogP contribution in [0.1, 0.15) is 16.7 Å². The van der Waals surface area contributed by atoms with E-state index in [0.717, 1.165) is 11.6 Å². The lowest BCUT2D eigenvalue weighted by Crippen LogP contribution is -2.49. The summed E-state index contributed by atoms with van der Waals surface area (Å²) in [4.78, 5) is -0.274. The van der Waals surface area contributed by atoms with E-state index in [9.17, 15) is 30.4 Å². The van der Waals surface area contributed by atoms with Gasteiger partial charge in [0.15, 0.2) is 17.6 Å². The largest absolute Gasteiger partial charge is 0.488 e. The van der Waals surface area contributed by atoms with E-state index in [0.29, 0.717) is 12.1 Å². The third kappa shape index (κ3) is 5.20. The monoisotopic (exact) mass is 423 g/mol. The molecule has 28 heavy (non-hydrogen) atoms. The maximum absolute atomic E-state index is 13.6. The number of sulfonamides is 1. The van der Waals surface area contributed by atoms with E-state index in [1.54, 1.807) is 11.6 Å². The Morgan fingerprint density at radius 3 is 2.14 bits per heavy atom. The first-order chi connectivity index (χ1) is 12.8. The number of aryl methyl sites for hydroxylation is 3. The molecule has 4 nitrogen and oxygen atoms in total. The van der Waals surface area contributed by atoms with Crippen molar-refractivity contribution < 1.29 is 35.1 Å². The normalized spacial score (nSPS) is 13.4. The number of hydrogen-bond acceptors (Lipinski definition) is 3. The first-order valence-electron chi connectivity index (χ1n) is 8.06. The second kappa shape index (κ2) is 8.04. The molecule has 0 fully saturated rings. The van der Waals surface area contributed by atoms with Gasteiger partial charge in [-0.3, -0.25) is 0 Å². The fourth-order valence-electron chi connectivity index (χ4n) is 2.79. The summed E-state index contributed by atoms with van der Waals surface area (Å²) in [6.45, 7) is 3.39. The molecule has 0 saturated heterocycles. The zero-order chi connectivity index (χ0) is 21.3. The quantitative estimate of drug-likeness (QED) is 0.710. The molecule has 0 heterocycles. The van der Waals surface area contributed by atoms with Crippen LogP contribution in [0.5, 0.6) is 5.75 Å². The van der Waals surface area contributed by atoms with Gasteiger partial charge in [-0.1, -0.05) is 17.7 Å². The Morgan fingerprint density at radius 2 is 1.61 bits per heavy atom. The highest BCUT2D eigenvalue weighted by molar-refractivity contribution is 7.89. The van der Waals surface area contributed by atoms with Gasteiger partial charge in [0.05, 0.1) is 4.90 Å². The first kappa shape index (κ1) is 22.1. The fourth-order valence-corrected chi connectivity index (χ4v) is 4.45. The molecule has 154 valence electrons. The average molecular weight is 423 g/mol. The van der Waals surface area contributed by atoms with Crippen molar-refractivity contribution >= 4 is 10.0 Å². The van der Waals surface area contributed by atoms with Gasteiger partial charge in [-0.05, 0) is 44.0 Å². The smallest absolute Gasteiger partial charge is 0.408 e. The van der Waals surface area contributed by atoms with Gasteiger partial charge < -0.3 is 4.74 Å². The molecule has 0 aromatic heterocycles. The van der Waals surface area contributed by atoms with Crippen LogP contribution < -0.4 is 9.46 Å². The molecule has 1 unspecified atom stereocenters. The Bertz CT molecular complexity index is 951. The number of halogens is 5. The molecule has 0 aliphatic heterocycles. The molecular weight excluding hydrogens is 405 g/mol. The lowest BCUT2D eigenvalue weighted by molar-refractivity contribution is -0.157. The molecular formula is C18H18F5NO3S. The summed E-state index contributed by atoms with van der Waals surface area (Å²) in [7, 11) is -4.56. The van der Waals surface area contributed by atoms with Gasteiger partial charge in [-0.2, -0.15) is 17.9 Å². The molecule has 0 aliphatic rings. The van der Waals surface area contributed by atoms with Gasteiger partial charge in [-0.25, -0.2) is 17.2 Å². The molecule has 0 amide bonds. The van der Waals surface area contributed by atoms with Crippen molar-refractivity contribution in [3.05, 3.63) is 58.7 Å². The van der Waals surface area contributed by atoms with Crippen LogP contribution in [0.4, 0.5) is 22.0 Å². The Kier molecular flexibility index (Phi) is 6.34. The molecule has 0 saturated carbocycles. The van der Waals surface area contributed by atoms with E-state index in [4.69, 9.17) is 4.74 Å². The van der Waals surface area contributed by atoms with Gasteiger partial charge in [0.25, 0.3) is 0 Å². The van der Waals surface area contributed by atoms with Gasteiger partial charge in [-0.15, -0.1) is 0 Å². The zero-order valence-corrected chi connectivity index (χ0v) is 16.0. The average Bonchev–Trinajstić information content (AvgIpc) is 2.51. The van der Waals surface area contributed by atoms with E-state index in [2.05, 4.69) is 0 Å². The predicted octanol–water partition coefficient (Wildman–Crippen LogP) is 4.18.